The van der Waals surface area contributed by atoms with Gasteiger partial charge in [-0.2, -0.15) is 0 Å². The summed E-state index contributed by atoms with van der Waals surface area (Å²) in [4.78, 5) is 14.1. The summed E-state index contributed by atoms with van der Waals surface area (Å²) in [5, 5.41) is 0. The van der Waals surface area contributed by atoms with Gasteiger partial charge in [0.05, 0.1) is 0 Å². The molecule has 0 radical (unpaired) electrons. The molecule has 0 aromatic carbocycles. The number of amides is 1. The van der Waals surface area contributed by atoms with Crippen LogP contribution in [0.15, 0.2) is 0 Å². The predicted octanol–water partition coefficient (Wildman–Crippen LogP) is 2.65. The molecule has 14 heavy (non-hydrogen) atoms. The van der Waals surface area contributed by atoms with E-state index >= 15 is 0 Å². The molecule has 1 fully saturated rings. The van der Waals surface area contributed by atoms with Gasteiger partial charge in [-0.1, -0.05) is 13.8 Å². The molecule has 0 N–H and O–H groups in total. The summed E-state index contributed by atoms with van der Waals surface area (Å²) in [5.74, 6) is 0.766. The Balaban J connectivity index is 2.99. The van der Waals surface area contributed by atoms with Crippen LogP contribution in [0.3, 0.4) is 0 Å². The van der Waals surface area contributed by atoms with Crippen molar-refractivity contribution >= 4 is 17.5 Å². The Morgan fingerprint density at radius 3 is 2.29 bits per heavy atom. The lowest BCUT2D eigenvalue weighted by atomic mass is 9.90. The second-order valence-electron chi connectivity index (χ2n) is 5.74. The first-order chi connectivity index (χ1) is 6.20. The van der Waals surface area contributed by atoms with Crippen LogP contribution in [-0.2, 0) is 4.79 Å². The number of likely N-dealkylation sites (tertiary alicyclic amines) is 1. The summed E-state index contributed by atoms with van der Waals surface area (Å²) in [6.45, 7) is 10.2. The Bertz CT molecular complexity index is 242. The molecule has 3 heteroatoms. The van der Waals surface area contributed by atoms with Crippen molar-refractivity contribution in [3.63, 3.8) is 0 Å². The first-order valence-electron chi connectivity index (χ1n) is 5.10. The van der Waals surface area contributed by atoms with E-state index in [0.717, 1.165) is 6.42 Å². The summed E-state index contributed by atoms with van der Waals surface area (Å²) in [7, 11) is 0. The summed E-state index contributed by atoms with van der Waals surface area (Å²) < 4.78 is 0. The van der Waals surface area contributed by atoms with E-state index in [9.17, 15) is 4.79 Å². The third kappa shape index (κ3) is 1.90. The molecule has 2 nitrogen and oxygen atoms in total. The average molecular weight is 218 g/mol. The van der Waals surface area contributed by atoms with Crippen LogP contribution in [0.2, 0.25) is 0 Å². The van der Waals surface area contributed by atoms with Gasteiger partial charge in [0, 0.05) is 22.9 Å². The molecule has 1 heterocycles. The van der Waals surface area contributed by atoms with Crippen LogP contribution < -0.4 is 0 Å². The van der Waals surface area contributed by atoms with Gasteiger partial charge in [0.2, 0.25) is 5.91 Å². The average Bonchev–Trinajstić information content (AvgIpc) is 2.21. The minimum Gasteiger partial charge on any atom is -0.333 e. The van der Waals surface area contributed by atoms with Crippen molar-refractivity contribution in [1.82, 2.24) is 4.90 Å². The largest absolute Gasteiger partial charge is 0.333 e. The fraction of sp³-hybridized carbons (Fsp3) is 0.909. The number of nitrogens with zero attached hydrogens (tertiary/aromatic N) is 1. The lowest BCUT2D eigenvalue weighted by Crippen LogP contribution is -2.48. The molecule has 0 bridgehead atoms. The number of rotatable bonds is 1. The fourth-order valence-corrected chi connectivity index (χ4v) is 2.48. The van der Waals surface area contributed by atoms with Crippen LogP contribution in [0.5, 0.6) is 0 Å². The highest BCUT2D eigenvalue weighted by molar-refractivity contribution is 6.18. The van der Waals surface area contributed by atoms with Crippen molar-refractivity contribution in [3.8, 4) is 0 Å². The van der Waals surface area contributed by atoms with Crippen LogP contribution in [0.25, 0.3) is 0 Å². The molecule has 1 aliphatic heterocycles. The van der Waals surface area contributed by atoms with Crippen molar-refractivity contribution in [1.29, 1.82) is 0 Å². The van der Waals surface area contributed by atoms with Crippen LogP contribution in [0, 0.1) is 5.41 Å². The molecule has 0 aromatic rings. The lowest BCUT2D eigenvalue weighted by Gasteiger charge is -2.37. The third-order valence-corrected chi connectivity index (χ3v) is 3.17. The zero-order chi connectivity index (χ0) is 11.1. The Labute approximate surface area is 91.6 Å². The van der Waals surface area contributed by atoms with Gasteiger partial charge in [0.15, 0.2) is 0 Å². The second-order valence-corrected chi connectivity index (χ2v) is 6.05. The summed E-state index contributed by atoms with van der Waals surface area (Å²) in [6, 6.07) is 0.194. The van der Waals surface area contributed by atoms with Crippen molar-refractivity contribution in [3.05, 3.63) is 0 Å². The molecule has 82 valence electrons. The monoisotopic (exact) mass is 217 g/mol. The van der Waals surface area contributed by atoms with Crippen molar-refractivity contribution in [2.24, 2.45) is 5.41 Å². The zero-order valence-electron chi connectivity index (χ0n) is 9.72. The van der Waals surface area contributed by atoms with Gasteiger partial charge in [-0.15, -0.1) is 11.6 Å². The maximum Gasteiger partial charge on any atom is 0.229 e. The van der Waals surface area contributed by atoms with Gasteiger partial charge in [-0.3, -0.25) is 4.79 Å². The summed E-state index contributed by atoms with van der Waals surface area (Å²) >= 11 is 5.91. The highest BCUT2D eigenvalue weighted by Crippen LogP contribution is 2.39. The molecular formula is C11H20ClNO. The quantitative estimate of drug-likeness (QED) is 0.619. The standard InChI is InChI=1S/C11H20ClNO/c1-10(2,3)13-8(7-12)6-11(4,5)9(13)14/h8H,6-7H2,1-5H3. The maximum absolute atomic E-state index is 12.1. The number of carbonyl (C=O) groups excluding carboxylic acids is 1. The van der Waals surface area contributed by atoms with Gasteiger partial charge in [-0.25, -0.2) is 0 Å². The Morgan fingerprint density at radius 1 is 1.50 bits per heavy atom. The van der Waals surface area contributed by atoms with Gasteiger partial charge >= 0.3 is 0 Å². The molecule has 0 aromatic heterocycles. The van der Waals surface area contributed by atoms with Crippen LogP contribution >= 0.6 is 11.6 Å². The normalized spacial score (nSPS) is 27.1. The molecule has 0 saturated carbocycles. The topological polar surface area (TPSA) is 20.3 Å². The van der Waals surface area contributed by atoms with Gasteiger partial charge < -0.3 is 4.90 Å². The van der Waals surface area contributed by atoms with E-state index in [1.807, 2.05) is 18.7 Å². The van der Waals surface area contributed by atoms with Crippen molar-refractivity contribution in [2.75, 3.05) is 5.88 Å². The fourth-order valence-electron chi connectivity index (χ4n) is 2.24. The minimum atomic E-state index is -0.243. The number of alkyl halides is 1. The van der Waals surface area contributed by atoms with Crippen LogP contribution in [-0.4, -0.2) is 28.3 Å². The van der Waals surface area contributed by atoms with Gasteiger partial charge in [0.25, 0.3) is 0 Å². The van der Waals surface area contributed by atoms with Crippen molar-refractivity contribution in [2.45, 2.75) is 52.6 Å². The maximum atomic E-state index is 12.1. The minimum absolute atomic E-state index is 0.121. The molecule has 1 atom stereocenters. The number of carbonyl (C=O) groups is 1. The molecule has 1 aliphatic rings. The molecule has 1 unspecified atom stereocenters. The Hall–Kier alpha value is -0.240. The van der Waals surface area contributed by atoms with E-state index in [1.54, 1.807) is 0 Å². The number of halogens is 1. The zero-order valence-corrected chi connectivity index (χ0v) is 10.5. The first kappa shape index (κ1) is 11.8. The highest BCUT2D eigenvalue weighted by atomic mass is 35.5. The predicted molar refractivity (Wildman–Crippen MR) is 59.5 cm³/mol. The highest BCUT2D eigenvalue weighted by Gasteiger charge is 2.48. The van der Waals surface area contributed by atoms with E-state index in [0.29, 0.717) is 5.88 Å². The van der Waals surface area contributed by atoms with Crippen molar-refractivity contribution < 1.29 is 4.79 Å². The molecule has 0 spiro atoms. The van der Waals surface area contributed by atoms with Gasteiger partial charge in [-0.05, 0) is 27.2 Å². The van der Waals surface area contributed by atoms with Crippen LogP contribution in [0.4, 0.5) is 0 Å². The molecular weight excluding hydrogens is 198 g/mol. The SMILES string of the molecule is CC1(C)CC(CCl)N(C(C)(C)C)C1=O. The first-order valence-corrected chi connectivity index (χ1v) is 5.63. The summed E-state index contributed by atoms with van der Waals surface area (Å²) in [5.41, 5.74) is -0.364. The number of hydrogen-bond acceptors (Lipinski definition) is 1. The number of hydrogen-bond donors (Lipinski definition) is 0. The van der Waals surface area contributed by atoms with E-state index < -0.39 is 0 Å². The lowest BCUT2D eigenvalue weighted by molar-refractivity contribution is -0.139. The Kier molecular flexibility index (Phi) is 2.88. The van der Waals surface area contributed by atoms with Crippen LogP contribution in [0.1, 0.15) is 41.0 Å². The van der Waals surface area contributed by atoms with E-state index in [-0.39, 0.29) is 22.9 Å². The van der Waals surface area contributed by atoms with E-state index in [4.69, 9.17) is 11.6 Å². The smallest absolute Gasteiger partial charge is 0.229 e. The van der Waals surface area contributed by atoms with Gasteiger partial charge in [0.1, 0.15) is 0 Å². The molecule has 0 aliphatic carbocycles. The van der Waals surface area contributed by atoms with E-state index in [2.05, 4.69) is 20.8 Å². The molecule has 1 rings (SSSR count). The third-order valence-electron chi connectivity index (χ3n) is 2.81. The molecule has 1 amide bonds. The second kappa shape index (κ2) is 3.41. The Morgan fingerprint density at radius 2 is 2.00 bits per heavy atom. The summed E-state index contributed by atoms with van der Waals surface area (Å²) in [6.07, 6.45) is 0.868. The van der Waals surface area contributed by atoms with E-state index in [1.165, 1.54) is 0 Å². The molecule has 1 saturated heterocycles.